The second kappa shape index (κ2) is 7.61. The highest BCUT2D eigenvalue weighted by Gasteiger charge is 2.32. The van der Waals surface area contributed by atoms with Crippen LogP contribution in [-0.2, 0) is 4.74 Å². The zero-order valence-corrected chi connectivity index (χ0v) is 12.8. The fourth-order valence-corrected chi connectivity index (χ4v) is 3.99. The van der Waals surface area contributed by atoms with E-state index in [1.807, 2.05) is 0 Å². The van der Waals surface area contributed by atoms with Crippen LogP contribution in [-0.4, -0.2) is 43.8 Å². The van der Waals surface area contributed by atoms with E-state index < -0.39 is 0 Å². The van der Waals surface area contributed by atoms with E-state index >= 15 is 0 Å². The molecule has 1 aliphatic carbocycles. The predicted molar refractivity (Wildman–Crippen MR) is 80.2 cm³/mol. The Morgan fingerprint density at radius 1 is 1.21 bits per heavy atom. The van der Waals surface area contributed by atoms with Crippen LogP contribution >= 0.6 is 0 Å². The number of rotatable bonds is 5. The first-order valence-corrected chi connectivity index (χ1v) is 8.26. The van der Waals surface area contributed by atoms with E-state index in [0.717, 1.165) is 31.7 Å². The standard InChI is InChI=1S/C16H32N2O/c1-3-13-6-8-15(9-7-13)18(2)16(11-17)14-5-4-10-19-12-14/h13-16H,3-12,17H2,1-2H3. The molecular formula is C16H32N2O. The molecule has 112 valence electrons. The molecule has 2 fully saturated rings. The van der Waals surface area contributed by atoms with Gasteiger partial charge >= 0.3 is 0 Å². The van der Waals surface area contributed by atoms with Crippen molar-refractivity contribution in [3.8, 4) is 0 Å². The normalized spacial score (nSPS) is 34.4. The van der Waals surface area contributed by atoms with E-state index in [-0.39, 0.29) is 0 Å². The highest BCUT2D eigenvalue weighted by atomic mass is 16.5. The Labute approximate surface area is 118 Å². The van der Waals surface area contributed by atoms with Crippen molar-refractivity contribution in [2.24, 2.45) is 17.6 Å². The van der Waals surface area contributed by atoms with Crippen molar-refractivity contribution in [2.75, 3.05) is 26.8 Å². The van der Waals surface area contributed by atoms with Gasteiger partial charge in [-0.2, -0.15) is 0 Å². The maximum Gasteiger partial charge on any atom is 0.0509 e. The Morgan fingerprint density at radius 3 is 2.47 bits per heavy atom. The lowest BCUT2D eigenvalue weighted by Gasteiger charge is -2.42. The van der Waals surface area contributed by atoms with Gasteiger partial charge in [0.15, 0.2) is 0 Å². The van der Waals surface area contributed by atoms with Gasteiger partial charge in [0.2, 0.25) is 0 Å². The Kier molecular flexibility index (Phi) is 6.11. The summed E-state index contributed by atoms with van der Waals surface area (Å²) < 4.78 is 5.65. The molecular weight excluding hydrogens is 236 g/mol. The van der Waals surface area contributed by atoms with E-state index in [9.17, 15) is 0 Å². The first-order chi connectivity index (χ1) is 9.26. The van der Waals surface area contributed by atoms with Crippen LogP contribution in [0.5, 0.6) is 0 Å². The van der Waals surface area contributed by atoms with Crippen LogP contribution in [0.15, 0.2) is 0 Å². The molecule has 2 N–H and O–H groups in total. The monoisotopic (exact) mass is 268 g/mol. The first-order valence-electron chi connectivity index (χ1n) is 8.26. The Balaban J connectivity index is 1.87. The maximum atomic E-state index is 6.07. The lowest BCUT2D eigenvalue weighted by Crippen LogP contribution is -2.51. The molecule has 1 heterocycles. The van der Waals surface area contributed by atoms with Crippen molar-refractivity contribution in [2.45, 2.75) is 64.0 Å². The average Bonchev–Trinajstić information content (AvgIpc) is 2.49. The zero-order valence-electron chi connectivity index (χ0n) is 12.8. The fraction of sp³-hybridized carbons (Fsp3) is 1.00. The number of nitrogens with two attached hydrogens (primary N) is 1. The van der Waals surface area contributed by atoms with Crippen LogP contribution in [0.1, 0.15) is 51.9 Å². The molecule has 1 aliphatic heterocycles. The van der Waals surface area contributed by atoms with Crippen LogP contribution in [0.2, 0.25) is 0 Å². The Morgan fingerprint density at radius 2 is 1.95 bits per heavy atom. The van der Waals surface area contributed by atoms with Crippen molar-refractivity contribution in [3.05, 3.63) is 0 Å². The lowest BCUT2D eigenvalue weighted by molar-refractivity contribution is 0.000794. The SMILES string of the molecule is CCC1CCC(N(C)C(CN)C2CCCOC2)CC1. The summed E-state index contributed by atoms with van der Waals surface area (Å²) >= 11 is 0. The Bertz CT molecular complexity index is 245. The molecule has 0 aromatic rings. The number of hydrogen-bond donors (Lipinski definition) is 1. The van der Waals surface area contributed by atoms with E-state index in [4.69, 9.17) is 10.5 Å². The van der Waals surface area contributed by atoms with Gasteiger partial charge in [0.1, 0.15) is 0 Å². The zero-order chi connectivity index (χ0) is 13.7. The number of nitrogens with zero attached hydrogens (tertiary/aromatic N) is 1. The van der Waals surface area contributed by atoms with Crippen LogP contribution in [0.25, 0.3) is 0 Å². The van der Waals surface area contributed by atoms with Gasteiger partial charge in [0, 0.05) is 25.2 Å². The summed E-state index contributed by atoms with van der Waals surface area (Å²) in [6.07, 6.45) is 9.38. The van der Waals surface area contributed by atoms with Crippen LogP contribution in [0.3, 0.4) is 0 Å². The molecule has 2 aliphatic rings. The molecule has 0 aromatic carbocycles. The van der Waals surface area contributed by atoms with E-state index in [0.29, 0.717) is 12.0 Å². The highest BCUT2D eigenvalue weighted by molar-refractivity contribution is 4.86. The minimum atomic E-state index is 0.517. The summed E-state index contributed by atoms with van der Waals surface area (Å²) in [4.78, 5) is 2.59. The number of hydrogen-bond acceptors (Lipinski definition) is 3. The summed E-state index contributed by atoms with van der Waals surface area (Å²) in [5.74, 6) is 1.62. The van der Waals surface area contributed by atoms with Gasteiger partial charge in [-0.1, -0.05) is 13.3 Å². The van der Waals surface area contributed by atoms with E-state index in [2.05, 4.69) is 18.9 Å². The molecule has 0 amide bonds. The third-order valence-corrected chi connectivity index (χ3v) is 5.47. The molecule has 0 spiro atoms. The lowest BCUT2D eigenvalue weighted by atomic mass is 9.82. The Hall–Kier alpha value is -0.120. The molecule has 3 heteroatoms. The van der Waals surface area contributed by atoms with Gasteiger partial charge < -0.3 is 10.5 Å². The number of ether oxygens (including phenoxy) is 1. The molecule has 2 unspecified atom stereocenters. The molecule has 2 rings (SSSR count). The van der Waals surface area contributed by atoms with Crippen LogP contribution in [0, 0.1) is 11.8 Å². The summed E-state index contributed by atoms with van der Waals surface area (Å²) in [7, 11) is 2.29. The minimum absolute atomic E-state index is 0.517. The topological polar surface area (TPSA) is 38.5 Å². The average molecular weight is 268 g/mol. The molecule has 0 aromatic heterocycles. The summed E-state index contributed by atoms with van der Waals surface area (Å²) in [6, 6.07) is 1.27. The minimum Gasteiger partial charge on any atom is -0.381 e. The highest BCUT2D eigenvalue weighted by Crippen LogP contribution is 2.31. The second-order valence-corrected chi connectivity index (χ2v) is 6.53. The molecule has 0 bridgehead atoms. The molecule has 2 atom stereocenters. The van der Waals surface area contributed by atoms with Gasteiger partial charge in [0.05, 0.1) is 6.61 Å². The van der Waals surface area contributed by atoms with Gasteiger partial charge in [-0.3, -0.25) is 4.90 Å². The molecule has 0 radical (unpaired) electrons. The van der Waals surface area contributed by atoms with Crippen molar-refractivity contribution in [1.29, 1.82) is 0 Å². The quantitative estimate of drug-likeness (QED) is 0.833. The second-order valence-electron chi connectivity index (χ2n) is 6.53. The largest absolute Gasteiger partial charge is 0.381 e. The summed E-state index contributed by atoms with van der Waals surface area (Å²) in [5, 5.41) is 0. The third kappa shape index (κ3) is 3.93. The summed E-state index contributed by atoms with van der Waals surface area (Å²) in [6.45, 7) is 4.96. The van der Waals surface area contributed by atoms with Crippen molar-refractivity contribution < 1.29 is 4.74 Å². The van der Waals surface area contributed by atoms with Gasteiger partial charge in [0.25, 0.3) is 0 Å². The van der Waals surface area contributed by atoms with Crippen molar-refractivity contribution in [1.82, 2.24) is 4.90 Å². The van der Waals surface area contributed by atoms with Crippen LogP contribution in [0.4, 0.5) is 0 Å². The van der Waals surface area contributed by atoms with E-state index in [1.165, 1.54) is 44.9 Å². The molecule has 1 saturated heterocycles. The third-order valence-electron chi connectivity index (χ3n) is 5.47. The van der Waals surface area contributed by atoms with Gasteiger partial charge in [-0.05, 0) is 57.4 Å². The molecule has 1 saturated carbocycles. The van der Waals surface area contributed by atoms with Gasteiger partial charge in [-0.25, -0.2) is 0 Å². The maximum absolute atomic E-state index is 6.07. The van der Waals surface area contributed by atoms with Crippen molar-refractivity contribution >= 4 is 0 Å². The predicted octanol–water partition coefficient (Wildman–Crippen LogP) is 2.64. The molecule has 19 heavy (non-hydrogen) atoms. The smallest absolute Gasteiger partial charge is 0.0509 e. The van der Waals surface area contributed by atoms with Crippen LogP contribution < -0.4 is 5.73 Å². The fourth-order valence-electron chi connectivity index (χ4n) is 3.99. The number of likely N-dealkylation sites (N-methyl/N-ethyl adjacent to an activating group) is 1. The van der Waals surface area contributed by atoms with E-state index in [1.54, 1.807) is 0 Å². The van der Waals surface area contributed by atoms with Crippen molar-refractivity contribution in [3.63, 3.8) is 0 Å². The first kappa shape index (κ1) is 15.3. The molecule has 3 nitrogen and oxygen atoms in total. The van der Waals surface area contributed by atoms with Gasteiger partial charge in [-0.15, -0.1) is 0 Å². The summed E-state index contributed by atoms with van der Waals surface area (Å²) in [5.41, 5.74) is 6.07.